The van der Waals surface area contributed by atoms with Crippen LogP contribution in [0.15, 0.2) is 18.2 Å². The van der Waals surface area contributed by atoms with Crippen molar-refractivity contribution in [1.29, 1.82) is 0 Å². The Labute approximate surface area is 179 Å². The lowest BCUT2D eigenvalue weighted by molar-refractivity contribution is -0.165. The molecule has 4 atom stereocenters. The highest BCUT2D eigenvalue weighted by atomic mass is 16.5. The van der Waals surface area contributed by atoms with Gasteiger partial charge in [-0.3, -0.25) is 9.69 Å². The lowest BCUT2D eigenvalue weighted by Gasteiger charge is -2.61. The van der Waals surface area contributed by atoms with E-state index in [1.165, 1.54) is 0 Å². The number of carbonyl (C=O) groups excluding carboxylic acids is 2. The molecule has 2 aliphatic rings. The number of hydrogen-bond donors (Lipinski definition) is 2. The van der Waals surface area contributed by atoms with Crippen LogP contribution in [0.25, 0.3) is 0 Å². The van der Waals surface area contributed by atoms with Gasteiger partial charge in [0.15, 0.2) is 0 Å². The van der Waals surface area contributed by atoms with Crippen molar-refractivity contribution in [2.75, 3.05) is 27.2 Å². The molecule has 7 heteroatoms. The van der Waals surface area contributed by atoms with Gasteiger partial charge in [0.25, 0.3) is 0 Å². The number of hydrogen-bond acceptors (Lipinski definition) is 5. The van der Waals surface area contributed by atoms with Crippen molar-refractivity contribution >= 4 is 11.9 Å². The Bertz CT molecular complexity index is 829. The maximum Gasteiger partial charge on any atom is 0.321 e. The molecule has 0 spiro atoms. The largest absolute Gasteiger partial charge is 0.497 e. The van der Waals surface area contributed by atoms with Gasteiger partial charge in [-0.1, -0.05) is 6.07 Å². The number of piperidine rings is 1. The number of aryl methyl sites for hydroxylation is 1. The molecule has 3 rings (SSSR count). The molecule has 1 aromatic rings. The Hall–Kier alpha value is -2.12. The topological polar surface area (TPSA) is 96.1 Å². The van der Waals surface area contributed by atoms with Gasteiger partial charge in [0.1, 0.15) is 5.75 Å². The molecular formula is C23H35N3O4. The number of imide groups is 1. The highest BCUT2D eigenvalue weighted by Gasteiger charge is 2.61. The van der Waals surface area contributed by atoms with Crippen LogP contribution in [-0.2, 0) is 10.2 Å². The number of primary amides is 1. The molecule has 1 heterocycles. The number of carbonyl (C=O) groups is 2. The van der Waals surface area contributed by atoms with Gasteiger partial charge in [0.2, 0.25) is 5.91 Å². The Kier molecular flexibility index (Phi) is 6.16. The van der Waals surface area contributed by atoms with Crippen LogP contribution in [0.2, 0.25) is 0 Å². The van der Waals surface area contributed by atoms with Crippen LogP contribution in [0.1, 0.15) is 50.7 Å². The van der Waals surface area contributed by atoms with Crippen LogP contribution in [0.3, 0.4) is 0 Å². The van der Waals surface area contributed by atoms with Gasteiger partial charge in [0.05, 0.1) is 12.7 Å². The predicted molar refractivity (Wildman–Crippen MR) is 115 cm³/mol. The fourth-order valence-electron chi connectivity index (χ4n) is 5.76. The Morgan fingerprint density at radius 1 is 1.37 bits per heavy atom. The van der Waals surface area contributed by atoms with Crippen LogP contribution in [-0.4, -0.2) is 65.7 Å². The van der Waals surface area contributed by atoms with Gasteiger partial charge in [-0.2, -0.15) is 0 Å². The first-order chi connectivity index (χ1) is 14.1. The Morgan fingerprint density at radius 3 is 2.67 bits per heavy atom. The predicted octanol–water partition coefficient (Wildman–Crippen LogP) is 2.42. The number of nitrogens with two attached hydrogens (primary N) is 1. The van der Waals surface area contributed by atoms with Crippen molar-refractivity contribution in [1.82, 2.24) is 9.80 Å². The minimum absolute atomic E-state index is 0.0636. The Morgan fingerprint density at radius 2 is 2.07 bits per heavy atom. The molecule has 0 radical (unpaired) electrons. The highest BCUT2D eigenvalue weighted by Crippen LogP contribution is 2.56. The summed E-state index contributed by atoms with van der Waals surface area (Å²) in [6, 6.07) is 5.17. The number of urea groups is 1. The molecule has 2 fully saturated rings. The number of aliphatic hydroxyl groups is 1. The van der Waals surface area contributed by atoms with E-state index < -0.39 is 17.0 Å². The van der Waals surface area contributed by atoms with E-state index in [2.05, 4.69) is 11.8 Å². The first-order valence-corrected chi connectivity index (χ1v) is 10.8. The van der Waals surface area contributed by atoms with Gasteiger partial charge >= 0.3 is 6.03 Å². The number of rotatable bonds is 4. The van der Waals surface area contributed by atoms with E-state index >= 15 is 0 Å². The first kappa shape index (κ1) is 22.6. The summed E-state index contributed by atoms with van der Waals surface area (Å²) in [7, 11) is 3.67. The molecule has 1 aliphatic heterocycles. The number of fused-ring (bicyclic) bond motifs is 1. The summed E-state index contributed by atoms with van der Waals surface area (Å²) in [6.45, 7) is 6.92. The highest BCUT2D eigenvalue weighted by molar-refractivity contribution is 5.95. The molecule has 1 aliphatic carbocycles. The van der Waals surface area contributed by atoms with Crippen molar-refractivity contribution in [3.05, 3.63) is 29.3 Å². The number of methoxy groups -OCH3 is 1. The van der Waals surface area contributed by atoms with E-state index in [9.17, 15) is 14.7 Å². The molecule has 0 bridgehead atoms. The molecular weight excluding hydrogens is 382 g/mol. The number of likely N-dealkylation sites (tertiary alicyclic amines) is 1. The third kappa shape index (κ3) is 3.38. The quantitative estimate of drug-likeness (QED) is 0.784. The average Bonchev–Trinajstić information content (AvgIpc) is 2.72. The second-order valence-electron chi connectivity index (χ2n) is 8.95. The molecule has 3 N–H and O–H groups in total. The van der Waals surface area contributed by atoms with Gasteiger partial charge in [-0.05, 0) is 83.3 Å². The van der Waals surface area contributed by atoms with Crippen LogP contribution >= 0.6 is 0 Å². The van der Waals surface area contributed by atoms with Crippen LogP contribution in [0.5, 0.6) is 5.75 Å². The van der Waals surface area contributed by atoms with E-state index in [4.69, 9.17) is 10.5 Å². The zero-order valence-electron chi connectivity index (χ0n) is 18.8. The number of amides is 3. The third-order valence-electron chi connectivity index (χ3n) is 7.70. The SMILES string of the molecule is CCN(C(N)=O)C(=O)C1CCC2(O)C(C)N(C)CCC2(c2cc(OC)ccc2C)C1. The maximum atomic E-state index is 13.2. The second-order valence-corrected chi connectivity index (χ2v) is 8.95. The summed E-state index contributed by atoms with van der Waals surface area (Å²) < 4.78 is 5.49. The minimum atomic E-state index is -0.988. The third-order valence-corrected chi connectivity index (χ3v) is 7.70. The number of likely N-dealkylation sites (N-methyl/N-ethyl adjacent to an activating group) is 1. The molecule has 166 valence electrons. The van der Waals surface area contributed by atoms with E-state index in [-0.39, 0.29) is 24.4 Å². The summed E-state index contributed by atoms with van der Waals surface area (Å²) >= 11 is 0. The zero-order chi connectivity index (χ0) is 22.3. The summed E-state index contributed by atoms with van der Waals surface area (Å²) in [5.41, 5.74) is 5.96. The van der Waals surface area contributed by atoms with Crippen molar-refractivity contribution in [2.24, 2.45) is 11.7 Å². The molecule has 0 aromatic heterocycles. The van der Waals surface area contributed by atoms with Gasteiger partial charge in [-0.15, -0.1) is 0 Å². The fourth-order valence-corrected chi connectivity index (χ4v) is 5.76. The summed E-state index contributed by atoms with van der Waals surface area (Å²) in [6.07, 6.45) is 2.23. The molecule has 30 heavy (non-hydrogen) atoms. The van der Waals surface area contributed by atoms with Gasteiger partial charge in [0, 0.05) is 23.9 Å². The number of ether oxygens (including phenoxy) is 1. The van der Waals surface area contributed by atoms with Crippen LogP contribution in [0.4, 0.5) is 4.79 Å². The van der Waals surface area contributed by atoms with Crippen LogP contribution in [0, 0.1) is 12.8 Å². The lowest BCUT2D eigenvalue weighted by Crippen LogP contribution is -2.69. The van der Waals surface area contributed by atoms with E-state index in [0.717, 1.165) is 34.7 Å². The van der Waals surface area contributed by atoms with E-state index in [1.54, 1.807) is 14.0 Å². The normalized spacial score (nSPS) is 31.7. The summed E-state index contributed by atoms with van der Waals surface area (Å²) in [5.74, 6) is 0.136. The molecule has 4 unspecified atom stereocenters. The van der Waals surface area contributed by atoms with Crippen molar-refractivity contribution in [3.63, 3.8) is 0 Å². The fraction of sp³-hybridized carbons (Fsp3) is 0.652. The van der Waals surface area contributed by atoms with Crippen molar-refractivity contribution in [2.45, 2.75) is 63.5 Å². The number of benzene rings is 1. The molecule has 1 saturated carbocycles. The van der Waals surface area contributed by atoms with E-state index in [0.29, 0.717) is 19.3 Å². The average molecular weight is 418 g/mol. The minimum Gasteiger partial charge on any atom is -0.497 e. The first-order valence-electron chi connectivity index (χ1n) is 10.8. The van der Waals surface area contributed by atoms with Gasteiger partial charge < -0.3 is 20.5 Å². The van der Waals surface area contributed by atoms with Crippen molar-refractivity contribution in [3.8, 4) is 5.75 Å². The van der Waals surface area contributed by atoms with Gasteiger partial charge in [-0.25, -0.2) is 4.79 Å². The molecule has 3 amide bonds. The molecule has 1 aromatic carbocycles. The smallest absolute Gasteiger partial charge is 0.321 e. The summed E-state index contributed by atoms with van der Waals surface area (Å²) in [5, 5.41) is 12.1. The Balaban J connectivity index is 2.12. The van der Waals surface area contributed by atoms with Crippen LogP contribution < -0.4 is 10.5 Å². The molecule has 7 nitrogen and oxygen atoms in total. The summed E-state index contributed by atoms with van der Waals surface area (Å²) in [4.78, 5) is 28.3. The zero-order valence-corrected chi connectivity index (χ0v) is 18.8. The number of nitrogens with zero attached hydrogens (tertiary/aromatic N) is 2. The van der Waals surface area contributed by atoms with E-state index in [1.807, 2.05) is 32.2 Å². The second kappa shape index (κ2) is 8.19. The monoisotopic (exact) mass is 417 g/mol. The standard InChI is InChI=1S/C23H35N3O4/c1-6-26(21(24)28)20(27)17-9-10-23(29)16(3)25(4)12-11-22(23,14-17)19-13-18(30-5)8-7-15(19)2/h7-8,13,16-17,29H,6,9-12,14H2,1-5H3,(H2,24,28). The maximum absolute atomic E-state index is 13.2. The lowest BCUT2D eigenvalue weighted by atomic mass is 9.51. The molecule has 1 saturated heterocycles. The van der Waals surface area contributed by atoms with Crippen molar-refractivity contribution < 1.29 is 19.4 Å².